The van der Waals surface area contributed by atoms with E-state index in [2.05, 4.69) is 25.3 Å². The molecule has 0 unspecified atom stereocenters. The minimum absolute atomic E-state index is 0.0343. The van der Waals surface area contributed by atoms with E-state index in [1.54, 1.807) is 14.0 Å². The summed E-state index contributed by atoms with van der Waals surface area (Å²) in [7, 11) is 1.59. The first-order valence-corrected chi connectivity index (χ1v) is 12.8. The van der Waals surface area contributed by atoms with Gasteiger partial charge >= 0.3 is 0 Å². The van der Waals surface area contributed by atoms with Crippen molar-refractivity contribution in [2.75, 3.05) is 19.0 Å². The van der Waals surface area contributed by atoms with Gasteiger partial charge in [-0.3, -0.25) is 4.99 Å². The molecule has 3 atom stereocenters. The molecule has 2 aliphatic rings. The van der Waals surface area contributed by atoms with Gasteiger partial charge in [-0.2, -0.15) is 0 Å². The fourth-order valence-electron chi connectivity index (χ4n) is 5.20. The number of ether oxygens (including phenoxy) is 2. The molecule has 0 radical (unpaired) electrons. The first kappa shape index (κ1) is 25.4. The molecule has 3 aromatic heterocycles. The van der Waals surface area contributed by atoms with E-state index >= 15 is 4.39 Å². The molecule has 0 saturated heterocycles. The molecule has 202 valence electrons. The first-order valence-electron chi connectivity index (χ1n) is 12.0. The van der Waals surface area contributed by atoms with Crippen LogP contribution in [0.4, 0.5) is 24.7 Å². The zero-order valence-corrected chi connectivity index (χ0v) is 21.7. The van der Waals surface area contributed by atoms with E-state index < -0.39 is 23.0 Å². The molecule has 6 rings (SSSR count). The minimum atomic E-state index is -1.11. The van der Waals surface area contributed by atoms with Crippen LogP contribution in [0.2, 0.25) is 0 Å². The Labute approximate surface area is 225 Å². The molecule has 39 heavy (non-hydrogen) atoms. The molecule has 4 heterocycles. The summed E-state index contributed by atoms with van der Waals surface area (Å²) in [5, 5.41) is 3.38. The molecule has 4 aromatic rings. The largest absolute Gasteiger partial charge is 0.482 e. The standard InChI is InChI=1S/C26H23F3N6O3S/c1-25(19-8-26(19,12-36-2)39-24(30)35-25)16-5-13(6-17(27)21(16)29)34-23-22-15(18(28)10-33-23)7-14(9-32-22)38-11-20-31-3-4-37-20/h3-7,9-10,19H,8,11-12H2,1-2H3,(H2,30,35)(H,33,34)/t19-,25+,26+/m0/s1. The number of halogens is 3. The van der Waals surface area contributed by atoms with Gasteiger partial charge < -0.3 is 24.9 Å². The van der Waals surface area contributed by atoms with Crippen molar-refractivity contribution in [3.05, 3.63) is 72.0 Å². The van der Waals surface area contributed by atoms with Crippen LogP contribution in [0, 0.1) is 23.4 Å². The number of nitrogens with two attached hydrogens (primary N) is 1. The summed E-state index contributed by atoms with van der Waals surface area (Å²) < 4.78 is 60.6. The maximum Gasteiger partial charge on any atom is 0.232 e. The van der Waals surface area contributed by atoms with Gasteiger partial charge in [-0.05, 0) is 25.5 Å². The molecule has 1 aliphatic carbocycles. The van der Waals surface area contributed by atoms with Crippen molar-refractivity contribution in [2.24, 2.45) is 16.6 Å². The predicted octanol–water partition coefficient (Wildman–Crippen LogP) is 5.04. The second-order valence-electron chi connectivity index (χ2n) is 9.64. The number of hydrogen-bond acceptors (Lipinski definition) is 10. The number of rotatable bonds is 8. The Bertz CT molecular complexity index is 1600. The number of hydrogen-bond donors (Lipinski definition) is 2. The molecule has 1 aromatic carbocycles. The summed E-state index contributed by atoms with van der Waals surface area (Å²) in [6.07, 6.45) is 6.01. The van der Waals surface area contributed by atoms with Crippen molar-refractivity contribution in [3.8, 4) is 5.75 Å². The number of fused-ring (bicyclic) bond motifs is 2. The molecule has 0 bridgehead atoms. The normalized spacial score (nSPS) is 23.8. The number of aromatic nitrogens is 3. The third-order valence-electron chi connectivity index (χ3n) is 7.08. The molecular weight excluding hydrogens is 533 g/mol. The fraction of sp³-hybridized carbons (Fsp3) is 0.308. The number of pyridine rings is 2. The summed E-state index contributed by atoms with van der Waals surface area (Å²) in [5.41, 5.74) is 5.44. The van der Waals surface area contributed by atoms with E-state index in [-0.39, 0.29) is 56.2 Å². The number of nitrogens with zero attached hydrogens (tertiary/aromatic N) is 4. The lowest BCUT2D eigenvalue weighted by molar-refractivity contribution is 0.184. The molecule has 13 heteroatoms. The van der Waals surface area contributed by atoms with Crippen molar-refractivity contribution in [1.82, 2.24) is 15.0 Å². The number of benzene rings is 1. The Balaban J connectivity index is 1.33. The Morgan fingerprint density at radius 2 is 2.00 bits per heavy atom. The highest BCUT2D eigenvalue weighted by atomic mass is 32.2. The zero-order chi connectivity index (χ0) is 27.4. The monoisotopic (exact) mass is 556 g/mol. The molecule has 9 nitrogen and oxygen atoms in total. The number of oxazole rings is 1. The quantitative estimate of drug-likeness (QED) is 0.307. The second kappa shape index (κ2) is 9.42. The van der Waals surface area contributed by atoms with Crippen molar-refractivity contribution >= 4 is 39.3 Å². The van der Waals surface area contributed by atoms with Crippen LogP contribution in [-0.2, 0) is 16.9 Å². The summed E-state index contributed by atoms with van der Waals surface area (Å²) in [4.78, 5) is 16.9. The van der Waals surface area contributed by atoms with Gasteiger partial charge in [0.15, 0.2) is 35.0 Å². The summed E-state index contributed by atoms with van der Waals surface area (Å²) in [5.74, 6) is -2.02. The number of nitrogens with one attached hydrogen (secondary N) is 1. The van der Waals surface area contributed by atoms with Gasteiger partial charge in [0, 0.05) is 35.7 Å². The van der Waals surface area contributed by atoms with Gasteiger partial charge in [0.25, 0.3) is 0 Å². The molecule has 0 amide bonds. The van der Waals surface area contributed by atoms with E-state index in [1.165, 1.54) is 42.6 Å². The maximum absolute atomic E-state index is 15.3. The van der Waals surface area contributed by atoms with Crippen molar-refractivity contribution in [1.29, 1.82) is 0 Å². The lowest BCUT2D eigenvalue weighted by Crippen LogP contribution is -2.37. The average molecular weight is 557 g/mol. The van der Waals surface area contributed by atoms with E-state index in [9.17, 15) is 8.78 Å². The van der Waals surface area contributed by atoms with Crippen LogP contribution in [0.1, 0.15) is 24.8 Å². The van der Waals surface area contributed by atoms with Crippen LogP contribution in [0.25, 0.3) is 10.9 Å². The van der Waals surface area contributed by atoms with Crippen LogP contribution >= 0.6 is 11.8 Å². The Kier molecular flexibility index (Phi) is 6.14. The number of aliphatic imine (C=N–C) groups is 1. The minimum Gasteiger partial charge on any atom is -0.482 e. The Hall–Kier alpha value is -3.84. The number of thioether (sulfide) groups is 1. The SMILES string of the molecule is COC[C@]12C[C@H]1[C@@](C)(c1cc(Nc3ncc(F)c4cc(OCc5ncco5)cnc34)cc(F)c1F)N=C(N)S2. The summed E-state index contributed by atoms with van der Waals surface area (Å²) >= 11 is 1.41. The number of amidine groups is 1. The van der Waals surface area contributed by atoms with Gasteiger partial charge in [0.1, 0.15) is 17.5 Å². The average Bonchev–Trinajstić information content (AvgIpc) is 3.38. The van der Waals surface area contributed by atoms with Gasteiger partial charge in [-0.25, -0.2) is 28.1 Å². The Morgan fingerprint density at radius 3 is 2.77 bits per heavy atom. The van der Waals surface area contributed by atoms with Crippen LogP contribution in [0.15, 0.2) is 52.5 Å². The van der Waals surface area contributed by atoms with E-state index in [4.69, 9.17) is 19.6 Å². The maximum atomic E-state index is 15.3. The van der Waals surface area contributed by atoms with E-state index in [1.807, 2.05) is 0 Å². The molecule has 1 saturated carbocycles. The Morgan fingerprint density at radius 1 is 1.15 bits per heavy atom. The molecular formula is C26H23F3N6O3S. The lowest BCUT2D eigenvalue weighted by atomic mass is 9.85. The van der Waals surface area contributed by atoms with Crippen LogP contribution < -0.4 is 15.8 Å². The molecule has 1 aliphatic heterocycles. The molecule has 1 fully saturated rings. The van der Waals surface area contributed by atoms with Gasteiger partial charge in [0.05, 0.1) is 35.5 Å². The second-order valence-corrected chi connectivity index (χ2v) is 11.1. The van der Waals surface area contributed by atoms with Crippen LogP contribution in [0.5, 0.6) is 5.75 Å². The highest BCUT2D eigenvalue weighted by molar-refractivity contribution is 8.15. The third kappa shape index (κ3) is 4.44. The van der Waals surface area contributed by atoms with Crippen molar-refractivity contribution in [2.45, 2.75) is 30.2 Å². The molecule has 3 N–H and O–H groups in total. The van der Waals surface area contributed by atoms with Gasteiger partial charge in [-0.1, -0.05) is 11.8 Å². The van der Waals surface area contributed by atoms with Crippen molar-refractivity contribution < 1.29 is 27.1 Å². The summed E-state index contributed by atoms with van der Waals surface area (Å²) in [6.45, 7) is 2.19. The van der Waals surface area contributed by atoms with Gasteiger partial charge in [-0.15, -0.1) is 0 Å². The highest BCUT2D eigenvalue weighted by Gasteiger charge is 2.66. The topological polar surface area (TPSA) is 121 Å². The van der Waals surface area contributed by atoms with Crippen molar-refractivity contribution in [3.63, 3.8) is 0 Å². The van der Waals surface area contributed by atoms with Crippen LogP contribution in [-0.4, -0.2) is 38.6 Å². The smallest absolute Gasteiger partial charge is 0.232 e. The summed E-state index contributed by atoms with van der Waals surface area (Å²) in [6, 6.07) is 3.95. The highest BCUT2D eigenvalue weighted by Crippen LogP contribution is 2.66. The number of methoxy groups -OCH3 is 1. The predicted molar refractivity (Wildman–Crippen MR) is 139 cm³/mol. The number of anilines is 2. The zero-order valence-electron chi connectivity index (χ0n) is 20.9. The van der Waals surface area contributed by atoms with Crippen LogP contribution in [0.3, 0.4) is 0 Å². The molecule has 0 spiro atoms. The van der Waals surface area contributed by atoms with E-state index in [0.29, 0.717) is 18.9 Å². The fourth-order valence-corrected chi connectivity index (χ4v) is 6.65. The van der Waals surface area contributed by atoms with Gasteiger partial charge in [0.2, 0.25) is 5.89 Å². The lowest BCUT2D eigenvalue weighted by Gasteiger charge is -2.34. The first-order chi connectivity index (χ1) is 18.7. The third-order valence-corrected chi connectivity index (χ3v) is 8.35. The van der Waals surface area contributed by atoms with E-state index in [0.717, 1.165) is 12.3 Å².